The Morgan fingerprint density at radius 3 is 2.64 bits per heavy atom. The molecule has 1 saturated carbocycles. The lowest BCUT2D eigenvalue weighted by molar-refractivity contribution is -0.120. The van der Waals surface area contributed by atoms with Gasteiger partial charge < -0.3 is 35.8 Å². The number of hydrogen-bond donors (Lipinski definition) is 4. The van der Waals surface area contributed by atoms with Crippen LogP contribution in [0.4, 0.5) is 9.59 Å². The zero-order chi connectivity index (χ0) is 28.2. The molecule has 2 aliphatic rings. The van der Waals surface area contributed by atoms with Gasteiger partial charge in [-0.25, -0.2) is 9.59 Å². The molecule has 1 aliphatic heterocycles. The monoisotopic (exact) mass is 566 g/mol. The van der Waals surface area contributed by atoms with Gasteiger partial charge in [-0.2, -0.15) is 0 Å². The Labute approximate surface area is 235 Å². The van der Waals surface area contributed by atoms with Crippen LogP contribution in [-0.2, 0) is 14.3 Å². The molecule has 0 bridgehead atoms. The van der Waals surface area contributed by atoms with Gasteiger partial charge in [0.05, 0.1) is 38.4 Å². The molecule has 1 aromatic carbocycles. The van der Waals surface area contributed by atoms with Crippen molar-refractivity contribution in [1.82, 2.24) is 15.5 Å². The maximum atomic E-state index is 13.4. The number of nitrogens with two attached hydrogens (primary N) is 1. The molecule has 1 saturated heterocycles. The number of halogens is 1. The lowest BCUT2D eigenvalue weighted by atomic mass is 9.83. The first kappa shape index (κ1) is 31.0. The summed E-state index contributed by atoms with van der Waals surface area (Å²) in [6, 6.07) is 6.66. The van der Waals surface area contributed by atoms with E-state index in [1.165, 1.54) is 13.5 Å². The highest BCUT2D eigenvalue weighted by Gasteiger charge is 2.34. The minimum atomic E-state index is -1.03. The molecule has 11 heteroatoms. The van der Waals surface area contributed by atoms with Crippen LogP contribution in [-0.4, -0.2) is 73.5 Å². The molecular weight excluding hydrogens is 524 g/mol. The van der Waals surface area contributed by atoms with Gasteiger partial charge in [-0.15, -0.1) is 0 Å². The Kier molecular flexibility index (Phi) is 12.6. The van der Waals surface area contributed by atoms with Crippen molar-refractivity contribution in [3.8, 4) is 0 Å². The van der Waals surface area contributed by atoms with Crippen molar-refractivity contribution in [2.45, 2.75) is 76.0 Å². The number of urea groups is 1. The summed E-state index contributed by atoms with van der Waals surface area (Å²) in [4.78, 5) is 38.1. The number of carbonyl (C=O) groups excluding carboxylic acids is 3. The van der Waals surface area contributed by atoms with Crippen molar-refractivity contribution in [3.63, 3.8) is 0 Å². The van der Waals surface area contributed by atoms with Crippen molar-refractivity contribution in [2.75, 3.05) is 33.4 Å². The van der Waals surface area contributed by atoms with Crippen LogP contribution in [0.15, 0.2) is 24.3 Å². The number of amides is 4. The Bertz CT molecular complexity index is 944. The largest absolute Gasteiger partial charge is 0.453 e. The van der Waals surface area contributed by atoms with Crippen LogP contribution in [0.3, 0.4) is 0 Å². The first-order chi connectivity index (χ1) is 18.8. The number of piperidine rings is 1. The van der Waals surface area contributed by atoms with Crippen LogP contribution >= 0.6 is 11.6 Å². The van der Waals surface area contributed by atoms with E-state index in [4.69, 9.17) is 22.1 Å². The molecule has 3 rings (SSSR count). The molecular formula is C28H43ClN4O6. The predicted octanol–water partition coefficient (Wildman–Crippen LogP) is 3.75. The summed E-state index contributed by atoms with van der Waals surface area (Å²) in [7, 11) is 1.30. The van der Waals surface area contributed by atoms with Gasteiger partial charge in [0.1, 0.15) is 0 Å². The lowest BCUT2D eigenvalue weighted by Crippen LogP contribution is -2.53. The number of aliphatic hydroxyl groups is 1. The van der Waals surface area contributed by atoms with E-state index in [0.717, 1.165) is 44.1 Å². The van der Waals surface area contributed by atoms with Gasteiger partial charge in [-0.3, -0.25) is 4.79 Å². The number of benzene rings is 1. The van der Waals surface area contributed by atoms with Crippen molar-refractivity contribution < 1.29 is 29.0 Å². The van der Waals surface area contributed by atoms with Crippen LogP contribution in [0.2, 0.25) is 5.02 Å². The van der Waals surface area contributed by atoms with E-state index in [0.29, 0.717) is 30.5 Å². The summed E-state index contributed by atoms with van der Waals surface area (Å²) in [5.74, 6) is -0.194. The van der Waals surface area contributed by atoms with Gasteiger partial charge in [0.2, 0.25) is 5.91 Å². The zero-order valence-electron chi connectivity index (χ0n) is 22.8. The molecule has 4 unspecified atom stereocenters. The zero-order valence-corrected chi connectivity index (χ0v) is 23.5. The van der Waals surface area contributed by atoms with E-state index in [9.17, 15) is 19.5 Å². The average molecular weight is 567 g/mol. The van der Waals surface area contributed by atoms with Crippen LogP contribution in [0.5, 0.6) is 0 Å². The highest BCUT2D eigenvalue weighted by atomic mass is 35.5. The van der Waals surface area contributed by atoms with E-state index in [-0.39, 0.29) is 37.6 Å². The molecule has 4 atom stereocenters. The van der Waals surface area contributed by atoms with Gasteiger partial charge in [0, 0.05) is 30.6 Å². The van der Waals surface area contributed by atoms with Gasteiger partial charge >= 0.3 is 12.1 Å². The summed E-state index contributed by atoms with van der Waals surface area (Å²) in [6.07, 6.45) is 5.80. The number of carbonyl (C=O) groups is 3. The number of ether oxygens (including phenoxy) is 2. The minimum absolute atomic E-state index is 0.00608. The topological polar surface area (TPSA) is 143 Å². The Morgan fingerprint density at radius 1 is 1.18 bits per heavy atom. The smallest absolute Gasteiger partial charge is 0.406 e. The number of nitrogens with one attached hydrogen (secondary N) is 2. The van der Waals surface area contributed by atoms with Crippen LogP contribution in [0, 0.1) is 11.8 Å². The molecule has 4 amide bonds. The molecule has 5 N–H and O–H groups in total. The molecule has 0 radical (unpaired) electrons. The van der Waals surface area contributed by atoms with Crippen LogP contribution < -0.4 is 16.4 Å². The second kappa shape index (κ2) is 15.9. The first-order valence-electron chi connectivity index (χ1n) is 14.0. The summed E-state index contributed by atoms with van der Waals surface area (Å²) in [6.45, 7) is 1.57. The van der Waals surface area contributed by atoms with E-state index in [1.54, 1.807) is 11.0 Å². The normalized spacial score (nSPS) is 20.5. The fraction of sp³-hybridized carbons (Fsp3) is 0.679. The van der Waals surface area contributed by atoms with E-state index in [1.807, 2.05) is 18.2 Å². The molecule has 0 aromatic heterocycles. The number of alkyl carbamates (subject to hydrolysis) is 1. The fourth-order valence-electron chi connectivity index (χ4n) is 5.73. The maximum absolute atomic E-state index is 13.4. The van der Waals surface area contributed by atoms with Gasteiger partial charge in [-0.1, -0.05) is 55.8 Å². The second-order valence-corrected chi connectivity index (χ2v) is 11.1. The summed E-state index contributed by atoms with van der Waals surface area (Å²) >= 11 is 6.27. The average Bonchev–Trinajstić information content (AvgIpc) is 2.92. The highest BCUT2D eigenvalue weighted by molar-refractivity contribution is 6.30. The molecule has 2 fully saturated rings. The lowest BCUT2D eigenvalue weighted by Gasteiger charge is -2.38. The first-order valence-corrected chi connectivity index (χ1v) is 14.3. The number of primary amides is 1. The summed E-state index contributed by atoms with van der Waals surface area (Å²) in [5, 5.41) is 17.0. The van der Waals surface area contributed by atoms with E-state index >= 15 is 0 Å². The fourth-order valence-corrected chi connectivity index (χ4v) is 5.93. The number of methoxy groups -OCH3 is 1. The van der Waals surface area contributed by atoms with Crippen molar-refractivity contribution in [2.24, 2.45) is 17.6 Å². The third-order valence-corrected chi connectivity index (χ3v) is 7.94. The van der Waals surface area contributed by atoms with Crippen molar-refractivity contribution >= 4 is 29.6 Å². The quantitative estimate of drug-likeness (QED) is 0.284. The van der Waals surface area contributed by atoms with Gasteiger partial charge in [0.25, 0.3) is 0 Å². The van der Waals surface area contributed by atoms with Gasteiger partial charge in [0.15, 0.2) is 0 Å². The number of rotatable bonds is 12. The molecule has 39 heavy (non-hydrogen) atoms. The molecule has 218 valence electrons. The molecule has 10 nitrogen and oxygen atoms in total. The second-order valence-electron chi connectivity index (χ2n) is 10.6. The number of aliphatic hydroxyl groups excluding tert-OH is 1. The summed E-state index contributed by atoms with van der Waals surface area (Å²) in [5.41, 5.74) is 6.26. The maximum Gasteiger partial charge on any atom is 0.406 e. The third-order valence-electron chi connectivity index (χ3n) is 7.70. The standard InChI is InChI=1S/C28H43ClN4O6/c1-38-28(37)31-12-14-39-26(20-9-5-11-22(29)16-20)21-10-6-13-33(18-21)27(36)32-23(24(34)17-25(30)35)15-19-7-3-2-4-8-19/h5,9,11,16,19,21,23-24,26,34H,2-4,6-8,10,12-15,17-18H2,1H3,(H2,30,35)(H,31,37)(H,32,36). The van der Waals surface area contributed by atoms with E-state index < -0.39 is 24.1 Å². The Hall–Kier alpha value is -2.56. The molecule has 1 aliphatic carbocycles. The molecule has 0 spiro atoms. The van der Waals surface area contributed by atoms with Crippen LogP contribution in [0.25, 0.3) is 0 Å². The van der Waals surface area contributed by atoms with Crippen molar-refractivity contribution in [3.05, 3.63) is 34.9 Å². The third kappa shape index (κ3) is 10.2. The molecule has 1 heterocycles. The predicted molar refractivity (Wildman–Crippen MR) is 148 cm³/mol. The van der Waals surface area contributed by atoms with Crippen molar-refractivity contribution in [1.29, 1.82) is 0 Å². The van der Waals surface area contributed by atoms with E-state index in [2.05, 4.69) is 15.4 Å². The minimum Gasteiger partial charge on any atom is -0.453 e. The Morgan fingerprint density at radius 2 is 1.95 bits per heavy atom. The van der Waals surface area contributed by atoms with Gasteiger partial charge in [-0.05, 0) is 42.9 Å². The Balaban J connectivity index is 1.67. The number of likely N-dealkylation sites (tertiary alicyclic amines) is 1. The number of nitrogens with zero attached hydrogens (tertiary/aromatic N) is 1. The molecule has 1 aromatic rings. The summed E-state index contributed by atoms with van der Waals surface area (Å²) < 4.78 is 10.8. The highest BCUT2D eigenvalue weighted by Crippen LogP contribution is 2.34. The SMILES string of the molecule is COC(=O)NCCOC(c1cccc(Cl)c1)C1CCCN(C(=O)NC(CC2CCCCC2)C(O)CC(N)=O)C1. The van der Waals surface area contributed by atoms with Crippen LogP contribution in [0.1, 0.15) is 69.5 Å². The number of hydrogen-bond acceptors (Lipinski definition) is 6.